The summed E-state index contributed by atoms with van der Waals surface area (Å²) in [5.74, 6) is -0.532. The van der Waals surface area contributed by atoms with Crippen molar-refractivity contribution in [3.05, 3.63) is 105 Å². The van der Waals surface area contributed by atoms with Gasteiger partial charge in [-0.2, -0.15) is 0 Å². The quantitative estimate of drug-likeness (QED) is 0.228. The van der Waals surface area contributed by atoms with E-state index < -0.39 is 5.82 Å². The van der Waals surface area contributed by atoms with Crippen molar-refractivity contribution >= 4 is 28.4 Å². The van der Waals surface area contributed by atoms with Gasteiger partial charge in [-0.3, -0.25) is 24.7 Å². The van der Waals surface area contributed by atoms with Crippen LogP contribution in [0.1, 0.15) is 59.8 Å². The SMILES string of the molecule is Cc1ccc(N2CCC[C@H](N(Cc3ccnc(C)c3)Cc3cn(C4CC4)c4cc(C(C=NCCO)=CN)c(F)cc4c3=O)C2)cn1. The van der Waals surface area contributed by atoms with Crippen LogP contribution < -0.4 is 16.1 Å². The van der Waals surface area contributed by atoms with Gasteiger partial charge in [-0.05, 0) is 81.5 Å². The number of fused-ring (bicyclic) bond motifs is 1. The molecule has 240 valence electrons. The molecule has 46 heavy (non-hydrogen) atoms. The van der Waals surface area contributed by atoms with Gasteiger partial charge in [0.25, 0.3) is 0 Å². The number of aliphatic hydroxyl groups is 1. The number of aliphatic hydroxyl groups excluding tert-OH is 1. The number of piperidine rings is 1. The molecule has 2 aliphatic rings. The lowest BCUT2D eigenvalue weighted by Gasteiger charge is -2.40. The maximum absolute atomic E-state index is 15.7. The van der Waals surface area contributed by atoms with Crippen LogP contribution in [0.2, 0.25) is 0 Å². The third kappa shape index (κ3) is 7.03. The van der Waals surface area contributed by atoms with Crippen LogP contribution in [0.3, 0.4) is 0 Å². The van der Waals surface area contributed by atoms with Gasteiger partial charge in [0.15, 0.2) is 5.43 Å². The molecule has 1 aliphatic carbocycles. The van der Waals surface area contributed by atoms with Crippen molar-refractivity contribution < 1.29 is 9.50 Å². The number of aliphatic imine (C=N–C) groups is 1. The van der Waals surface area contributed by atoms with Crippen LogP contribution in [-0.4, -0.2) is 63.0 Å². The molecule has 0 radical (unpaired) electrons. The Morgan fingerprint density at radius 2 is 1.98 bits per heavy atom. The normalized spacial score (nSPS) is 17.5. The molecule has 3 N–H and O–H groups in total. The monoisotopic (exact) mass is 623 g/mol. The maximum atomic E-state index is 15.7. The number of halogens is 1. The van der Waals surface area contributed by atoms with E-state index in [1.54, 1.807) is 6.07 Å². The van der Waals surface area contributed by atoms with E-state index >= 15 is 4.39 Å². The van der Waals surface area contributed by atoms with Crippen LogP contribution in [0.5, 0.6) is 0 Å². The molecule has 0 spiro atoms. The highest BCUT2D eigenvalue weighted by atomic mass is 19.1. The molecule has 1 saturated carbocycles. The van der Waals surface area contributed by atoms with Crippen molar-refractivity contribution in [1.29, 1.82) is 0 Å². The van der Waals surface area contributed by atoms with Gasteiger partial charge >= 0.3 is 0 Å². The standard InChI is InChI=1S/C36H42FN7O2/c1-24-5-6-30(19-41-24)42-12-3-4-31(23-42)43(20-26-9-10-40-25(2)14-26)21-28-22-44(29-7-8-29)35-16-32(27(17-38)18-39-11-13-45)34(37)15-33(35)36(28)46/h5-6,9-10,14-19,22,29,31,45H,3-4,7-8,11-13,20-21,23,38H2,1-2H3/t31-/m0/s1. The van der Waals surface area contributed by atoms with E-state index in [9.17, 15) is 4.79 Å². The van der Waals surface area contributed by atoms with Crippen molar-refractivity contribution in [2.75, 3.05) is 31.1 Å². The smallest absolute Gasteiger partial charge is 0.193 e. The molecule has 0 bridgehead atoms. The molecule has 6 rings (SSSR count). The first-order valence-electron chi connectivity index (χ1n) is 16.1. The number of hydrogen-bond donors (Lipinski definition) is 2. The van der Waals surface area contributed by atoms with Crippen LogP contribution in [0.15, 0.2) is 71.0 Å². The minimum Gasteiger partial charge on any atom is -0.404 e. The van der Waals surface area contributed by atoms with Gasteiger partial charge in [-0.25, -0.2) is 4.39 Å². The van der Waals surface area contributed by atoms with Crippen LogP contribution >= 0.6 is 0 Å². The number of allylic oxidation sites excluding steroid dienone is 1. The van der Waals surface area contributed by atoms with Gasteiger partial charge in [0.05, 0.1) is 30.6 Å². The van der Waals surface area contributed by atoms with E-state index in [0.717, 1.165) is 61.4 Å². The molecule has 10 heteroatoms. The molecule has 0 amide bonds. The minimum atomic E-state index is -0.532. The number of aromatic nitrogens is 3. The second kappa shape index (κ2) is 13.9. The summed E-state index contributed by atoms with van der Waals surface area (Å²) in [6, 6.07) is 11.8. The number of nitrogens with two attached hydrogens (primary N) is 1. The third-order valence-corrected chi connectivity index (χ3v) is 8.98. The zero-order valence-electron chi connectivity index (χ0n) is 26.6. The van der Waals surface area contributed by atoms with Crippen molar-refractivity contribution in [3.63, 3.8) is 0 Å². The Hall–Kier alpha value is -4.41. The average Bonchev–Trinajstić information content (AvgIpc) is 3.90. The minimum absolute atomic E-state index is 0.113. The fraction of sp³-hybridized carbons (Fsp3) is 0.389. The fourth-order valence-corrected chi connectivity index (χ4v) is 6.44. The summed E-state index contributed by atoms with van der Waals surface area (Å²) in [6.07, 6.45) is 12.6. The van der Waals surface area contributed by atoms with E-state index in [2.05, 4.69) is 41.5 Å². The van der Waals surface area contributed by atoms with E-state index in [1.165, 1.54) is 18.5 Å². The number of pyridine rings is 3. The van der Waals surface area contributed by atoms with E-state index in [-0.39, 0.29) is 36.2 Å². The number of hydrogen-bond acceptors (Lipinski definition) is 8. The first-order valence-corrected chi connectivity index (χ1v) is 16.1. The topological polar surface area (TPSA) is 113 Å². The fourth-order valence-electron chi connectivity index (χ4n) is 6.44. The molecular formula is C36H42FN7O2. The third-order valence-electron chi connectivity index (χ3n) is 8.98. The molecule has 1 saturated heterocycles. The summed E-state index contributed by atoms with van der Waals surface area (Å²) in [7, 11) is 0. The molecule has 1 aromatic carbocycles. The molecular weight excluding hydrogens is 581 g/mol. The largest absolute Gasteiger partial charge is 0.404 e. The molecule has 3 aromatic heterocycles. The summed E-state index contributed by atoms with van der Waals surface area (Å²) in [5, 5.41) is 9.47. The Bertz CT molecular complexity index is 1810. The second-order valence-corrected chi connectivity index (χ2v) is 12.5. The van der Waals surface area contributed by atoms with E-state index in [4.69, 9.17) is 10.8 Å². The van der Waals surface area contributed by atoms with Gasteiger partial charge in [-0.15, -0.1) is 0 Å². The Morgan fingerprint density at radius 1 is 1.13 bits per heavy atom. The second-order valence-electron chi connectivity index (χ2n) is 12.5. The summed E-state index contributed by atoms with van der Waals surface area (Å²) in [4.78, 5) is 32.0. The lowest BCUT2D eigenvalue weighted by Crippen LogP contribution is -2.48. The zero-order chi connectivity index (χ0) is 32.2. The number of nitrogens with zero attached hydrogens (tertiary/aromatic N) is 6. The van der Waals surface area contributed by atoms with Gasteiger partial charge in [0.1, 0.15) is 5.82 Å². The zero-order valence-corrected chi connectivity index (χ0v) is 26.6. The van der Waals surface area contributed by atoms with Crippen molar-refractivity contribution in [2.24, 2.45) is 10.7 Å². The Labute approximate surface area is 268 Å². The molecule has 9 nitrogen and oxygen atoms in total. The lowest BCUT2D eigenvalue weighted by molar-refractivity contribution is 0.158. The van der Waals surface area contributed by atoms with E-state index in [1.807, 2.05) is 44.6 Å². The van der Waals surface area contributed by atoms with Crippen LogP contribution in [-0.2, 0) is 13.1 Å². The Morgan fingerprint density at radius 3 is 2.70 bits per heavy atom. The Balaban J connectivity index is 1.38. The highest BCUT2D eigenvalue weighted by Gasteiger charge is 2.30. The Kier molecular flexibility index (Phi) is 9.56. The molecule has 1 atom stereocenters. The van der Waals surface area contributed by atoms with Crippen molar-refractivity contribution in [2.45, 2.75) is 64.7 Å². The number of anilines is 1. The summed E-state index contributed by atoms with van der Waals surface area (Å²) < 4.78 is 17.8. The van der Waals surface area contributed by atoms with Crippen LogP contribution in [0.4, 0.5) is 10.1 Å². The first kappa shape index (κ1) is 31.6. The predicted octanol–water partition coefficient (Wildman–Crippen LogP) is 4.92. The molecule has 0 unspecified atom stereocenters. The number of benzene rings is 1. The highest BCUT2D eigenvalue weighted by molar-refractivity contribution is 6.10. The average molecular weight is 624 g/mol. The molecule has 4 aromatic rings. The van der Waals surface area contributed by atoms with Crippen LogP contribution in [0, 0.1) is 19.7 Å². The summed E-state index contributed by atoms with van der Waals surface area (Å²) in [6.45, 7) is 6.96. The van der Waals surface area contributed by atoms with Gasteiger partial charge in [0.2, 0.25) is 0 Å². The van der Waals surface area contributed by atoms with Crippen LogP contribution in [0.25, 0.3) is 16.5 Å². The summed E-state index contributed by atoms with van der Waals surface area (Å²) in [5.41, 5.74) is 11.9. The first-order chi connectivity index (χ1) is 22.3. The van der Waals surface area contributed by atoms with Crippen molar-refractivity contribution in [3.8, 4) is 0 Å². The number of aryl methyl sites for hydroxylation is 2. The summed E-state index contributed by atoms with van der Waals surface area (Å²) >= 11 is 0. The maximum Gasteiger partial charge on any atom is 0.193 e. The molecule has 4 heterocycles. The molecule has 2 fully saturated rings. The lowest BCUT2D eigenvalue weighted by atomic mass is 10.00. The van der Waals surface area contributed by atoms with Gasteiger partial charge in [-0.1, -0.05) is 0 Å². The highest BCUT2D eigenvalue weighted by Crippen LogP contribution is 2.38. The van der Waals surface area contributed by atoms with Gasteiger partial charge < -0.3 is 20.3 Å². The van der Waals surface area contributed by atoms with Crippen molar-refractivity contribution in [1.82, 2.24) is 19.4 Å². The van der Waals surface area contributed by atoms with Gasteiger partial charge in [0, 0.05) is 96.5 Å². The van der Waals surface area contributed by atoms with E-state index in [0.29, 0.717) is 35.1 Å². The number of rotatable bonds is 11. The molecule has 1 aliphatic heterocycles. The predicted molar refractivity (Wildman–Crippen MR) is 181 cm³/mol.